The van der Waals surface area contributed by atoms with Crippen LogP contribution in [0.15, 0.2) is 24.5 Å². The third-order valence-electron chi connectivity index (χ3n) is 4.39. The van der Waals surface area contributed by atoms with Crippen molar-refractivity contribution >= 4 is 11.8 Å². The van der Waals surface area contributed by atoms with Crippen molar-refractivity contribution in [3.05, 3.63) is 35.9 Å². The van der Waals surface area contributed by atoms with Crippen LogP contribution >= 0.6 is 0 Å². The maximum absolute atomic E-state index is 10.9. The van der Waals surface area contributed by atoms with E-state index in [1.807, 2.05) is 24.5 Å². The quantitative estimate of drug-likeness (QED) is 0.801. The molecule has 4 nitrogen and oxygen atoms in total. The zero-order chi connectivity index (χ0) is 13.9. The molecule has 106 valence electrons. The fourth-order valence-electron chi connectivity index (χ4n) is 3.05. The Balaban J connectivity index is 1.76. The molecule has 1 aliphatic rings. The molecule has 0 saturated carbocycles. The average Bonchev–Trinajstić information content (AvgIpc) is 2.90. The van der Waals surface area contributed by atoms with E-state index < -0.39 is 0 Å². The molecule has 0 atom stereocenters. The summed E-state index contributed by atoms with van der Waals surface area (Å²) in [5, 5.41) is 0. The van der Waals surface area contributed by atoms with Crippen molar-refractivity contribution < 1.29 is 4.79 Å². The van der Waals surface area contributed by atoms with Gasteiger partial charge in [-0.15, -0.1) is 0 Å². The van der Waals surface area contributed by atoms with Crippen LogP contribution in [0, 0.1) is 5.92 Å². The summed E-state index contributed by atoms with van der Waals surface area (Å²) in [6.45, 7) is 5.78. The number of hydrogen-bond acceptors (Lipinski definition) is 3. The zero-order valence-electron chi connectivity index (χ0n) is 12.0. The summed E-state index contributed by atoms with van der Waals surface area (Å²) >= 11 is 0. The molecule has 2 aromatic heterocycles. The molecule has 1 saturated heterocycles. The van der Waals surface area contributed by atoms with Gasteiger partial charge in [-0.1, -0.05) is 6.92 Å². The number of aldehydes is 1. The number of carbonyl (C=O) groups is 1. The summed E-state index contributed by atoms with van der Waals surface area (Å²) < 4.78 is 2.07. The van der Waals surface area contributed by atoms with Gasteiger partial charge in [0.1, 0.15) is 5.82 Å². The molecule has 0 aliphatic carbocycles. The van der Waals surface area contributed by atoms with E-state index >= 15 is 0 Å². The SMILES string of the molecule is CCN1CCC(Cc2ncc3ccc(C=O)cn23)CC1. The Hall–Kier alpha value is -1.68. The van der Waals surface area contributed by atoms with Gasteiger partial charge in [0.05, 0.1) is 11.7 Å². The largest absolute Gasteiger partial charge is 0.304 e. The summed E-state index contributed by atoms with van der Waals surface area (Å²) in [7, 11) is 0. The lowest BCUT2D eigenvalue weighted by molar-refractivity contribution is 0.112. The first-order valence-corrected chi connectivity index (χ1v) is 7.43. The van der Waals surface area contributed by atoms with Gasteiger partial charge in [-0.25, -0.2) is 4.98 Å². The van der Waals surface area contributed by atoms with Crippen LogP contribution in [0.5, 0.6) is 0 Å². The predicted molar refractivity (Wildman–Crippen MR) is 79.1 cm³/mol. The van der Waals surface area contributed by atoms with Gasteiger partial charge in [0.15, 0.2) is 6.29 Å². The average molecular weight is 271 g/mol. The third kappa shape index (κ3) is 2.61. The topological polar surface area (TPSA) is 37.6 Å². The van der Waals surface area contributed by atoms with Gasteiger partial charge >= 0.3 is 0 Å². The van der Waals surface area contributed by atoms with Gasteiger partial charge in [0.25, 0.3) is 0 Å². The van der Waals surface area contributed by atoms with E-state index in [0.717, 1.165) is 30.6 Å². The van der Waals surface area contributed by atoms with Gasteiger partial charge in [0, 0.05) is 18.2 Å². The second-order valence-corrected chi connectivity index (χ2v) is 5.63. The fraction of sp³-hybridized carbons (Fsp3) is 0.500. The summed E-state index contributed by atoms with van der Waals surface area (Å²) in [6, 6.07) is 3.80. The van der Waals surface area contributed by atoms with Gasteiger partial charge < -0.3 is 9.30 Å². The Morgan fingerprint density at radius 1 is 1.35 bits per heavy atom. The Bertz CT molecular complexity index is 597. The highest BCUT2D eigenvalue weighted by Gasteiger charge is 2.20. The van der Waals surface area contributed by atoms with Crippen LogP contribution in [0.4, 0.5) is 0 Å². The first-order valence-electron chi connectivity index (χ1n) is 7.43. The van der Waals surface area contributed by atoms with Crippen LogP contribution in [0.25, 0.3) is 5.52 Å². The highest BCUT2D eigenvalue weighted by atomic mass is 16.1. The van der Waals surface area contributed by atoms with Crippen molar-refractivity contribution in [2.45, 2.75) is 26.2 Å². The second-order valence-electron chi connectivity index (χ2n) is 5.63. The lowest BCUT2D eigenvalue weighted by Crippen LogP contribution is -2.34. The molecule has 0 bridgehead atoms. The summed E-state index contributed by atoms with van der Waals surface area (Å²) in [6.07, 6.45) is 8.18. The number of pyridine rings is 1. The van der Waals surface area contributed by atoms with E-state index in [4.69, 9.17) is 0 Å². The molecule has 0 amide bonds. The van der Waals surface area contributed by atoms with E-state index in [2.05, 4.69) is 21.2 Å². The van der Waals surface area contributed by atoms with Gasteiger partial charge in [-0.2, -0.15) is 0 Å². The van der Waals surface area contributed by atoms with E-state index in [9.17, 15) is 4.79 Å². The number of nitrogens with zero attached hydrogens (tertiary/aromatic N) is 3. The first-order chi connectivity index (χ1) is 9.80. The van der Waals surface area contributed by atoms with Crippen molar-refractivity contribution in [2.24, 2.45) is 5.92 Å². The minimum atomic E-state index is 0.706. The molecule has 1 fully saturated rings. The predicted octanol–water partition coefficient (Wildman–Crippen LogP) is 2.42. The standard InChI is InChI=1S/C16H21N3O/c1-2-18-7-5-13(6-8-18)9-16-17-10-15-4-3-14(12-20)11-19(15)16/h3-4,10-13H,2,5-9H2,1H3. The Kier molecular flexibility index (Phi) is 3.83. The lowest BCUT2D eigenvalue weighted by Gasteiger charge is -2.30. The van der Waals surface area contributed by atoms with Gasteiger partial charge in [0.2, 0.25) is 0 Å². The zero-order valence-corrected chi connectivity index (χ0v) is 12.0. The number of piperidine rings is 1. The molecule has 20 heavy (non-hydrogen) atoms. The highest BCUT2D eigenvalue weighted by Crippen LogP contribution is 2.21. The molecule has 2 aromatic rings. The number of aromatic nitrogens is 2. The van der Waals surface area contributed by atoms with Crippen LogP contribution in [-0.2, 0) is 6.42 Å². The number of hydrogen-bond donors (Lipinski definition) is 0. The maximum Gasteiger partial charge on any atom is 0.151 e. The van der Waals surface area contributed by atoms with E-state index in [1.165, 1.54) is 25.9 Å². The monoisotopic (exact) mass is 271 g/mol. The van der Waals surface area contributed by atoms with Crippen molar-refractivity contribution in [1.82, 2.24) is 14.3 Å². The second kappa shape index (κ2) is 5.75. The number of fused-ring (bicyclic) bond motifs is 1. The normalized spacial score (nSPS) is 17.6. The number of likely N-dealkylation sites (tertiary alicyclic amines) is 1. The van der Waals surface area contributed by atoms with Crippen LogP contribution < -0.4 is 0 Å². The third-order valence-corrected chi connectivity index (χ3v) is 4.39. The smallest absolute Gasteiger partial charge is 0.151 e. The van der Waals surface area contributed by atoms with Crippen LogP contribution in [-0.4, -0.2) is 40.2 Å². The molecule has 1 aliphatic heterocycles. The molecule has 3 rings (SSSR count). The Morgan fingerprint density at radius 2 is 2.15 bits per heavy atom. The van der Waals surface area contributed by atoms with E-state index in [0.29, 0.717) is 11.5 Å². The van der Waals surface area contributed by atoms with Gasteiger partial charge in [-0.3, -0.25) is 4.79 Å². The number of rotatable bonds is 4. The minimum absolute atomic E-state index is 0.706. The van der Waals surface area contributed by atoms with Crippen LogP contribution in [0.1, 0.15) is 35.9 Å². The molecular weight excluding hydrogens is 250 g/mol. The molecule has 0 radical (unpaired) electrons. The van der Waals surface area contributed by atoms with Crippen molar-refractivity contribution in [3.63, 3.8) is 0 Å². The summed E-state index contributed by atoms with van der Waals surface area (Å²) in [5.41, 5.74) is 1.77. The Labute approximate surface area is 119 Å². The molecule has 0 aromatic carbocycles. The van der Waals surface area contributed by atoms with Crippen molar-refractivity contribution in [1.29, 1.82) is 0 Å². The molecule has 0 unspecified atom stereocenters. The van der Waals surface area contributed by atoms with E-state index in [1.54, 1.807) is 0 Å². The lowest BCUT2D eigenvalue weighted by atomic mass is 9.93. The number of carbonyl (C=O) groups excluding carboxylic acids is 1. The minimum Gasteiger partial charge on any atom is -0.304 e. The summed E-state index contributed by atoms with van der Waals surface area (Å²) in [4.78, 5) is 17.9. The molecule has 0 spiro atoms. The molecule has 0 N–H and O–H groups in total. The van der Waals surface area contributed by atoms with Crippen molar-refractivity contribution in [3.8, 4) is 0 Å². The maximum atomic E-state index is 10.9. The number of imidazole rings is 1. The van der Waals surface area contributed by atoms with Crippen LogP contribution in [0.2, 0.25) is 0 Å². The molecule has 3 heterocycles. The summed E-state index contributed by atoms with van der Waals surface area (Å²) in [5.74, 6) is 1.79. The van der Waals surface area contributed by atoms with Crippen molar-refractivity contribution in [2.75, 3.05) is 19.6 Å². The first kappa shape index (κ1) is 13.3. The van der Waals surface area contributed by atoms with E-state index in [-0.39, 0.29) is 0 Å². The van der Waals surface area contributed by atoms with Crippen LogP contribution in [0.3, 0.4) is 0 Å². The molecular formula is C16H21N3O. The van der Waals surface area contributed by atoms with Gasteiger partial charge in [-0.05, 0) is 50.5 Å². The highest BCUT2D eigenvalue weighted by molar-refractivity contribution is 5.75. The Morgan fingerprint density at radius 3 is 2.85 bits per heavy atom. The fourth-order valence-corrected chi connectivity index (χ4v) is 3.05. The molecule has 4 heteroatoms.